The Bertz CT molecular complexity index is 1010. The van der Waals surface area contributed by atoms with Crippen LogP contribution in [0, 0.1) is 11.8 Å². The first-order valence-electron chi connectivity index (χ1n) is 13.5. The van der Waals surface area contributed by atoms with Gasteiger partial charge in [-0.1, -0.05) is 58.0 Å². The average Bonchev–Trinajstić information content (AvgIpc) is 3.39. The lowest BCUT2D eigenvalue weighted by Crippen LogP contribution is -2.43. The van der Waals surface area contributed by atoms with Crippen molar-refractivity contribution in [2.24, 2.45) is 11.8 Å². The summed E-state index contributed by atoms with van der Waals surface area (Å²) < 4.78 is 0. The molecule has 3 rings (SSSR count). The largest absolute Gasteiger partial charge is 0.348 e. The molecule has 0 saturated carbocycles. The van der Waals surface area contributed by atoms with Gasteiger partial charge >= 0.3 is 0 Å². The van der Waals surface area contributed by atoms with Gasteiger partial charge in [0.05, 0.1) is 12.2 Å². The highest BCUT2D eigenvalue weighted by atomic mass is 16.2. The van der Waals surface area contributed by atoms with E-state index in [9.17, 15) is 4.79 Å². The fourth-order valence-electron chi connectivity index (χ4n) is 4.43. The highest BCUT2D eigenvalue weighted by Gasteiger charge is 2.14. The smallest absolute Gasteiger partial charge is 0.269 e. The molecule has 3 aromatic rings. The Morgan fingerprint density at radius 2 is 1.57 bits per heavy atom. The van der Waals surface area contributed by atoms with Crippen molar-refractivity contribution in [1.29, 1.82) is 0 Å². The fourth-order valence-corrected chi connectivity index (χ4v) is 4.43. The maximum atomic E-state index is 13.1. The number of nitrogens with zero attached hydrogens (tertiary/aromatic N) is 3. The molecule has 200 valence electrons. The Hall–Kier alpha value is -3.16. The number of nitrogens with one attached hydrogen (secondary N) is 3. The van der Waals surface area contributed by atoms with Crippen LogP contribution in [0.25, 0.3) is 0 Å². The van der Waals surface area contributed by atoms with Crippen molar-refractivity contribution in [2.45, 2.75) is 53.6 Å². The van der Waals surface area contributed by atoms with Gasteiger partial charge in [-0.15, -0.1) is 0 Å². The summed E-state index contributed by atoms with van der Waals surface area (Å²) in [5, 5.41) is 5.34. The van der Waals surface area contributed by atoms with E-state index in [1.54, 1.807) is 6.20 Å². The number of aromatic nitrogens is 2. The molecule has 3 N–H and O–H groups in total. The van der Waals surface area contributed by atoms with Crippen molar-refractivity contribution in [3.05, 3.63) is 83.9 Å². The molecule has 0 saturated heterocycles. The predicted octanol–water partition coefficient (Wildman–Crippen LogP) is 5.25. The number of unbranched alkanes of at least 4 members (excludes halogenated alkanes) is 1. The van der Waals surface area contributed by atoms with Crippen LogP contribution in [-0.4, -0.2) is 47.0 Å². The summed E-state index contributed by atoms with van der Waals surface area (Å²) in [7, 11) is 0. The minimum Gasteiger partial charge on any atom is -0.348 e. The van der Waals surface area contributed by atoms with E-state index in [0.717, 1.165) is 56.1 Å². The number of anilines is 1. The molecule has 0 bridgehead atoms. The third-order valence-corrected chi connectivity index (χ3v) is 6.05. The molecule has 0 unspecified atom stereocenters. The lowest BCUT2D eigenvalue weighted by molar-refractivity contribution is 0.0948. The summed E-state index contributed by atoms with van der Waals surface area (Å²) in [6, 6.07) is 17.9. The number of hydrogen-bond acceptors (Lipinski definition) is 5. The number of amides is 1. The maximum absolute atomic E-state index is 13.1. The second-order valence-electron chi connectivity index (χ2n) is 10.5. The molecular formula is C30H44N6O. The van der Waals surface area contributed by atoms with Gasteiger partial charge in [-0.2, -0.15) is 0 Å². The summed E-state index contributed by atoms with van der Waals surface area (Å²) in [5.74, 6) is 2.14. The fraction of sp³-hybridized carbons (Fsp3) is 0.467. The number of H-pyrrole nitrogens is 1. The van der Waals surface area contributed by atoms with Crippen LogP contribution in [0.15, 0.2) is 67.0 Å². The highest BCUT2D eigenvalue weighted by molar-refractivity contribution is 5.95. The molecule has 1 amide bonds. The number of rotatable bonds is 16. The highest BCUT2D eigenvalue weighted by Crippen LogP contribution is 2.14. The Balaban J connectivity index is 1.52. The van der Waals surface area contributed by atoms with E-state index in [1.165, 1.54) is 0 Å². The van der Waals surface area contributed by atoms with E-state index in [4.69, 9.17) is 0 Å². The Morgan fingerprint density at radius 1 is 0.892 bits per heavy atom. The summed E-state index contributed by atoms with van der Waals surface area (Å²) in [6.07, 6.45) is 5.66. The number of hydrogen-bond donors (Lipinski definition) is 3. The first kappa shape index (κ1) is 28.4. The van der Waals surface area contributed by atoms with Crippen LogP contribution in [0.2, 0.25) is 0 Å². The summed E-state index contributed by atoms with van der Waals surface area (Å²) >= 11 is 0. The van der Waals surface area contributed by atoms with Crippen molar-refractivity contribution in [2.75, 3.05) is 31.2 Å². The van der Waals surface area contributed by atoms with Gasteiger partial charge in [-0.25, -0.2) is 4.98 Å². The monoisotopic (exact) mass is 504 g/mol. The van der Waals surface area contributed by atoms with Crippen LogP contribution in [0.4, 0.5) is 5.69 Å². The number of benzene rings is 2. The molecular weight excluding hydrogens is 460 g/mol. The van der Waals surface area contributed by atoms with E-state index in [1.807, 2.05) is 65.8 Å². The maximum Gasteiger partial charge on any atom is 0.269 e. The summed E-state index contributed by atoms with van der Waals surface area (Å²) in [5.41, 5.74) is 5.90. The molecule has 37 heavy (non-hydrogen) atoms. The number of carbonyl (C=O) groups excluding carboxylic acids is 1. The van der Waals surface area contributed by atoms with Crippen molar-refractivity contribution < 1.29 is 4.79 Å². The molecule has 0 aliphatic carbocycles. The average molecular weight is 505 g/mol. The topological polar surface area (TPSA) is 76.3 Å². The van der Waals surface area contributed by atoms with Gasteiger partial charge in [0, 0.05) is 44.1 Å². The molecule has 0 atom stereocenters. The lowest BCUT2D eigenvalue weighted by Gasteiger charge is -2.28. The number of imidazole rings is 1. The first-order chi connectivity index (χ1) is 17.9. The van der Waals surface area contributed by atoms with E-state index < -0.39 is 0 Å². The zero-order chi connectivity index (χ0) is 26.5. The van der Waals surface area contributed by atoms with Gasteiger partial charge in [-0.3, -0.25) is 15.2 Å². The summed E-state index contributed by atoms with van der Waals surface area (Å²) in [4.78, 5) is 23.0. The molecule has 1 aromatic heterocycles. The molecule has 2 aromatic carbocycles. The van der Waals surface area contributed by atoms with E-state index in [-0.39, 0.29) is 5.91 Å². The third-order valence-electron chi connectivity index (χ3n) is 6.05. The van der Waals surface area contributed by atoms with Gasteiger partial charge < -0.3 is 15.2 Å². The van der Waals surface area contributed by atoms with Crippen molar-refractivity contribution >= 4 is 11.6 Å². The molecule has 0 fully saturated rings. The van der Waals surface area contributed by atoms with Crippen LogP contribution >= 0.6 is 0 Å². The number of carbonyl (C=O) groups is 1. The zero-order valence-corrected chi connectivity index (χ0v) is 22.9. The van der Waals surface area contributed by atoms with Crippen LogP contribution in [0.5, 0.6) is 0 Å². The van der Waals surface area contributed by atoms with Crippen LogP contribution < -0.4 is 15.8 Å². The standard InChI is InChI=1S/C30H44N6O/c1-24(2)22-35(23-25(3)4)18-8-9-19-36(28-10-6-5-7-11-28)34-30(37)27-14-12-26(13-15-27)20-31-21-29-32-16-17-33-29/h5-7,10-17,24-25,31H,8-9,18-23H2,1-4H3,(H,32,33)(H,34,37). The van der Waals surface area contributed by atoms with Gasteiger partial charge in [0.1, 0.15) is 5.82 Å². The van der Waals surface area contributed by atoms with Crippen molar-refractivity contribution in [1.82, 2.24) is 25.6 Å². The molecule has 0 radical (unpaired) electrons. The normalized spacial score (nSPS) is 11.4. The number of hydrazine groups is 1. The number of para-hydroxylation sites is 1. The Morgan fingerprint density at radius 3 is 2.19 bits per heavy atom. The predicted molar refractivity (Wildman–Crippen MR) is 152 cm³/mol. The third kappa shape index (κ3) is 10.4. The van der Waals surface area contributed by atoms with Crippen LogP contribution in [-0.2, 0) is 13.1 Å². The minimum atomic E-state index is -0.0970. The van der Waals surface area contributed by atoms with Crippen LogP contribution in [0.1, 0.15) is 62.3 Å². The zero-order valence-electron chi connectivity index (χ0n) is 22.9. The summed E-state index contributed by atoms with van der Waals surface area (Å²) in [6.45, 7) is 14.6. The molecule has 1 heterocycles. The second kappa shape index (κ2) is 15.2. The minimum absolute atomic E-state index is 0.0970. The SMILES string of the molecule is CC(C)CN(CCCCN(NC(=O)c1ccc(CNCc2ncc[nH]2)cc1)c1ccccc1)CC(C)C. The van der Waals surface area contributed by atoms with E-state index in [2.05, 4.69) is 53.3 Å². The number of aromatic amines is 1. The molecule has 7 heteroatoms. The quantitative estimate of drug-likeness (QED) is 0.184. The Labute approximate surface area is 222 Å². The first-order valence-corrected chi connectivity index (χ1v) is 13.5. The van der Waals surface area contributed by atoms with E-state index in [0.29, 0.717) is 30.5 Å². The van der Waals surface area contributed by atoms with Crippen molar-refractivity contribution in [3.8, 4) is 0 Å². The van der Waals surface area contributed by atoms with Gasteiger partial charge in [0.15, 0.2) is 0 Å². The van der Waals surface area contributed by atoms with Crippen LogP contribution in [0.3, 0.4) is 0 Å². The van der Waals surface area contributed by atoms with Gasteiger partial charge in [0.25, 0.3) is 5.91 Å². The van der Waals surface area contributed by atoms with Crippen molar-refractivity contribution in [3.63, 3.8) is 0 Å². The molecule has 0 aliphatic rings. The molecule has 0 aliphatic heterocycles. The van der Waals surface area contributed by atoms with Gasteiger partial charge in [0.2, 0.25) is 0 Å². The Kier molecular flexibility index (Phi) is 11.7. The van der Waals surface area contributed by atoms with Gasteiger partial charge in [-0.05, 0) is 61.1 Å². The molecule has 7 nitrogen and oxygen atoms in total. The second-order valence-corrected chi connectivity index (χ2v) is 10.5. The van der Waals surface area contributed by atoms with E-state index >= 15 is 0 Å². The lowest BCUT2D eigenvalue weighted by atomic mass is 10.1. The molecule has 0 spiro atoms.